The predicted octanol–water partition coefficient (Wildman–Crippen LogP) is 3.09. The molecule has 2 fully saturated rings. The third-order valence-electron chi connectivity index (χ3n) is 7.11. The number of fused-ring (bicyclic) bond motifs is 1. The fourth-order valence-corrected chi connectivity index (χ4v) is 5.03. The van der Waals surface area contributed by atoms with Crippen molar-refractivity contribution in [1.82, 2.24) is 10.5 Å². The Bertz CT molecular complexity index is 1290. The summed E-state index contributed by atoms with van der Waals surface area (Å²) >= 11 is 0. The Hall–Kier alpha value is -3.72. The van der Waals surface area contributed by atoms with Crippen molar-refractivity contribution in [1.29, 1.82) is 0 Å². The number of hydroxylamine groups is 1. The number of carbonyl (C=O) groups is 2. The maximum atomic E-state index is 14.9. The first-order valence-corrected chi connectivity index (χ1v) is 11.7. The van der Waals surface area contributed by atoms with Crippen molar-refractivity contribution < 1.29 is 23.9 Å². The van der Waals surface area contributed by atoms with Gasteiger partial charge in [0.25, 0.3) is 0 Å². The van der Waals surface area contributed by atoms with Crippen molar-refractivity contribution in [2.45, 2.75) is 32.3 Å². The average molecular weight is 479 g/mol. The third kappa shape index (κ3) is 4.39. The number of nitrogens with zero attached hydrogens (tertiary/aromatic N) is 2. The lowest BCUT2D eigenvalue weighted by molar-refractivity contribution is -0.134. The summed E-state index contributed by atoms with van der Waals surface area (Å²) in [5.74, 6) is -1.62. The minimum atomic E-state index is -1.12. The number of aromatic nitrogens is 1. The summed E-state index contributed by atoms with van der Waals surface area (Å²) in [7, 11) is 0. The first kappa shape index (κ1) is 23.0. The largest absolute Gasteiger partial charge is 0.486 e. The van der Waals surface area contributed by atoms with E-state index < -0.39 is 29.0 Å². The Labute approximate surface area is 201 Å². The zero-order valence-corrected chi connectivity index (χ0v) is 19.2. The van der Waals surface area contributed by atoms with Gasteiger partial charge < -0.3 is 15.4 Å². The first-order chi connectivity index (χ1) is 16.9. The van der Waals surface area contributed by atoms with E-state index in [2.05, 4.69) is 4.90 Å². The van der Waals surface area contributed by atoms with E-state index in [1.165, 1.54) is 12.1 Å². The zero-order valence-electron chi connectivity index (χ0n) is 19.2. The smallest absolute Gasteiger partial charge is 0.247 e. The van der Waals surface area contributed by atoms with Gasteiger partial charge in [-0.25, -0.2) is 14.9 Å². The van der Waals surface area contributed by atoms with Gasteiger partial charge in [0.05, 0.1) is 16.8 Å². The van der Waals surface area contributed by atoms with Crippen LogP contribution in [0.15, 0.2) is 48.5 Å². The van der Waals surface area contributed by atoms with Gasteiger partial charge in [0.2, 0.25) is 11.8 Å². The van der Waals surface area contributed by atoms with Gasteiger partial charge >= 0.3 is 0 Å². The van der Waals surface area contributed by atoms with Crippen molar-refractivity contribution >= 4 is 28.5 Å². The highest BCUT2D eigenvalue weighted by Gasteiger charge is 2.62. The van der Waals surface area contributed by atoms with Crippen LogP contribution in [-0.2, 0) is 22.6 Å². The second-order valence-electron chi connectivity index (χ2n) is 9.33. The Morgan fingerprint density at radius 3 is 2.69 bits per heavy atom. The van der Waals surface area contributed by atoms with Gasteiger partial charge in [0.1, 0.15) is 12.4 Å². The van der Waals surface area contributed by atoms with Crippen LogP contribution < -0.4 is 20.9 Å². The molecule has 2 heterocycles. The Morgan fingerprint density at radius 2 is 1.97 bits per heavy atom. The van der Waals surface area contributed by atoms with E-state index in [9.17, 15) is 14.0 Å². The van der Waals surface area contributed by atoms with Gasteiger partial charge in [0, 0.05) is 24.0 Å². The topological polar surface area (TPSA) is 118 Å². The highest BCUT2D eigenvalue weighted by Crippen LogP contribution is 2.54. The number of amides is 2. The Balaban J connectivity index is 1.34. The summed E-state index contributed by atoms with van der Waals surface area (Å²) in [4.78, 5) is 30.8. The molecule has 0 spiro atoms. The number of nitrogens with two attached hydrogens (primary N) is 1. The molecule has 4 N–H and O–H groups in total. The van der Waals surface area contributed by atoms with E-state index in [0.717, 1.165) is 48.2 Å². The van der Waals surface area contributed by atoms with Gasteiger partial charge in [-0.3, -0.25) is 14.8 Å². The van der Waals surface area contributed by atoms with E-state index >= 15 is 0 Å². The Kier molecular flexibility index (Phi) is 6.02. The molecule has 2 amide bonds. The lowest BCUT2D eigenvalue weighted by atomic mass is 9.92. The summed E-state index contributed by atoms with van der Waals surface area (Å²) in [5, 5.41) is 9.83. The van der Waals surface area contributed by atoms with Gasteiger partial charge in [-0.05, 0) is 55.5 Å². The molecule has 1 aromatic heterocycles. The van der Waals surface area contributed by atoms with Gasteiger partial charge in [0.15, 0.2) is 11.6 Å². The number of anilines is 1. The fraction of sp³-hybridized carbons (Fsp3) is 0.346. The molecule has 5 rings (SSSR count). The standard InChI is InChI=1S/C26H27FN4O4/c27-20-11-16(13-26(25(28)33)14-19(26)24(32)30-34)7-8-22(20)35-15-17-12-23(31-9-3-4-10-31)29-21-6-2-1-5-18(17)21/h1-2,5-8,11-12,19,34H,3-4,9-10,13-15H2,(H2,28,33)(H,30,32)/t19-,26+/m1/s1. The number of ether oxygens (including phenoxy) is 1. The maximum absolute atomic E-state index is 14.9. The van der Waals surface area contributed by atoms with Crippen LogP contribution in [0.2, 0.25) is 0 Å². The minimum absolute atomic E-state index is 0.0888. The van der Waals surface area contributed by atoms with Gasteiger partial charge in [-0.15, -0.1) is 0 Å². The van der Waals surface area contributed by atoms with Crippen LogP contribution in [-0.4, -0.2) is 35.1 Å². The number of benzene rings is 2. The number of para-hydroxylation sites is 1. The van der Waals surface area contributed by atoms with Crippen LogP contribution in [0.1, 0.15) is 30.4 Å². The molecule has 3 aromatic rings. The second-order valence-corrected chi connectivity index (χ2v) is 9.33. The Morgan fingerprint density at radius 1 is 1.20 bits per heavy atom. The lowest BCUT2D eigenvalue weighted by Crippen LogP contribution is -2.33. The van der Waals surface area contributed by atoms with Gasteiger partial charge in [-0.2, -0.15) is 0 Å². The number of nitrogens with one attached hydrogen (secondary N) is 1. The van der Waals surface area contributed by atoms with Crippen molar-refractivity contribution in [3.63, 3.8) is 0 Å². The summed E-state index contributed by atoms with van der Waals surface area (Å²) in [5.41, 5.74) is 8.27. The van der Waals surface area contributed by atoms with Crippen molar-refractivity contribution in [3.05, 3.63) is 65.5 Å². The van der Waals surface area contributed by atoms with Crippen LogP contribution in [0.25, 0.3) is 10.9 Å². The van der Waals surface area contributed by atoms with E-state index in [-0.39, 0.29) is 25.2 Å². The number of primary amides is 1. The van der Waals surface area contributed by atoms with E-state index in [4.69, 9.17) is 20.7 Å². The summed E-state index contributed by atoms with van der Waals surface area (Å²) in [6.07, 6.45) is 2.59. The number of hydrogen-bond donors (Lipinski definition) is 3. The molecule has 1 saturated carbocycles. The second kappa shape index (κ2) is 9.14. The molecule has 9 heteroatoms. The summed E-state index contributed by atoms with van der Waals surface area (Å²) < 4.78 is 20.8. The molecule has 35 heavy (non-hydrogen) atoms. The number of halogens is 1. The number of pyridine rings is 1. The van der Waals surface area contributed by atoms with Crippen molar-refractivity contribution in [3.8, 4) is 5.75 Å². The molecule has 8 nitrogen and oxygen atoms in total. The minimum Gasteiger partial charge on any atom is -0.486 e. The van der Waals surface area contributed by atoms with Gasteiger partial charge in [-0.1, -0.05) is 24.3 Å². The normalized spacial score (nSPS) is 21.2. The monoisotopic (exact) mass is 478 g/mol. The highest BCUT2D eigenvalue weighted by molar-refractivity contribution is 5.95. The third-order valence-corrected chi connectivity index (χ3v) is 7.11. The molecular weight excluding hydrogens is 451 g/mol. The average Bonchev–Trinajstić information content (AvgIpc) is 3.32. The molecule has 182 valence electrons. The lowest BCUT2D eigenvalue weighted by Gasteiger charge is -2.19. The van der Waals surface area contributed by atoms with E-state index in [1.807, 2.05) is 30.3 Å². The SMILES string of the molecule is NC(=O)[C@@]1(Cc2ccc(OCc3cc(N4CCCC4)nc4ccccc34)c(F)c2)C[C@@H]1C(=O)NO. The number of carbonyl (C=O) groups excluding carboxylic acids is 2. The molecule has 2 aromatic carbocycles. The van der Waals surface area contributed by atoms with Crippen LogP contribution >= 0.6 is 0 Å². The van der Waals surface area contributed by atoms with Crippen molar-refractivity contribution in [2.75, 3.05) is 18.0 Å². The molecule has 1 aliphatic heterocycles. The summed E-state index contributed by atoms with van der Waals surface area (Å²) in [6.45, 7) is 2.11. The highest BCUT2D eigenvalue weighted by atomic mass is 19.1. The van der Waals surface area contributed by atoms with E-state index in [0.29, 0.717) is 5.56 Å². The van der Waals surface area contributed by atoms with Crippen LogP contribution in [0, 0.1) is 17.2 Å². The van der Waals surface area contributed by atoms with E-state index in [1.54, 1.807) is 11.5 Å². The van der Waals surface area contributed by atoms with Crippen LogP contribution in [0.3, 0.4) is 0 Å². The number of rotatable bonds is 8. The first-order valence-electron chi connectivity index (χ1n) is 11.7. The van der Waals surface area contributed by atoms with Crippen LogP contribution in [0.4, 0.5) is 10.2 Å². The zero-order chi connectivity index (χ0) is 24.6. The number of hydrogen-bond acceptors (Lipinski definition) is 6. The quantitative estimate of drug-likeness (QED) is 0.338. The molecule has 0 radical (unpaired) electrons. The fourth-order valence-electron chi connectivity index (χ4n) is 5.03. The molecule has 2 aliphatic rings. The molecule has 2 atom stereocenters. The molecule has 1 saturated heterocycles. The molecular formula is C26H27FN4O4. The molecule has 0 unspecified atom stereocenters. The van der Waals surface area contributed by atoms with Crippen LogP contribution in [0.5, 0.6) is 5.75 Å². The maximum Gasteiger partial charge on any atom is 0.247 e. The summed E-state index contributed by atoms with van der Waals surface area (Å²) in [6, 6.07) is 14.3. The van der Waals surface area contributed by atoms with Crippen molar-refractivity contribution in [2.24, 2.45) is 17.1 Å². The molecule has 1 aliphatic carbocycles. The molecule has 0 bridgehead atoms. The predicted molar refractivity (Wildman–Crippen MR) is 127 cm³/mol.